The van der Waals surface area contributed by atoms with Gasteiger partial charge in [-0.3, -0.25) is 0 Å². The van der Waals surface area contributed by atoms with E-state index >= 15 is 0 Å². The first kappa shape index (κ1) is 12.4. The van der Waals surface area contributed by atoms with Gasteiger partial charge in [0.05, 0.1) is 0 Å². The summed E-state index contributed by atoms with van der Waals surface area (Å²) in [7, 11) is 0. The number of aryl methyl sites for hydroxylation is 1. The van der Waals surface area contributed by atoms with Crippen LogP contribution in [0.2, 0.25) is 0 Å². The van der Waals surface area contributed by atoms with Crippen molar-refractivity contribution in [1.29, 1.82) is 0 Å². The maximum Gasteiger partial charge on any atom is 0.0302 e. The monoisotopic (exact) mass is 248 g/mol. The van der Waals surface area contributed by atoms with E-state index < -0.39 is 0 Å². The van der Waals surface area contributed by atoms with Gasteiger partial charge in [-0.2, -0.15) is 0 Å². The summed E-state index contributed by atoms with van der Waals surface area (Å²) in [4.78, 5) is 1.40. The van der Waals surface area contributed by atoms with E-state index in [-0.39, 0.29) is 0 Å². The molecule has 0 aromatic carbocycles. The smallest absolute Gasteiger partial charge is 0.0302 e. The van der Waals surface area contributed by atoms with E-state index in [0.717, 1.165) is 19.6 Å². The molecule has 0 saturated heterocycles. The number of thiophene rings is 1. The molecule has 0 aliphatic rings. The normalized spacial score (nSPS) is 11.0. The zero-order valence-electron chi connectivity index (χ0n) is 10.8. The van der Waals surface area contributed by atoms with Crippen LogP contribution in [0.3, 0.4) is 0 Å². The molecule has 0 amide bonds. The predicted octanol–water partition coefficient (Wildman–Crippen LogP) is 3.48. The first-order chi connectivity index (χ1) is 8.22. The number of rotatable bonds is 5. The van der Waals surface area contributed by atoms with Gasteiger partial charge in [-0.05, 0) is 43.8 Å². The molecular weight excluding hydrogens is 228 g/mol. The van der Waals surface area contributed by atoms with Crippen LogP contribution in [0.25, 0.3) is 0 Å². The number of nitrogens with zero attached hydrogens (tertiary/aromatic N) is 1. The molecule has 3 heteroatoms. The maximum atomic E-state index is 3.51. The summed E-state index contributed by atoms with van der Waals surface area (Å²) in [6, 6.07) is 6.57. The molecule has 17 heavy (non-hydrogen) atoms. The van der Waals surface area contributed by atoms with Crippen LogP contribution in [-0.4, -0.2) is 4.57 Å². The molecular formula is C14H20N2S. The third-order valence-electron chi connectivity index (χ3n) is 3.19. The molecule has 0 saturated carbocycles. The molecule has 2 aromatic heterocycles. The second-order valence-corrected chi connectivity index (χ2v) is 5.36. The summed E-state index contributed by atoms with van der Waals surface area (Å²) < 4.78 is 2.36. The van der Waals surface area contributed by atoms with Crippen molar-refractivity contribution in [3.63, 3.8) is 0 Å². The average Bonchev–Trinajstić information content (AvgIpc) is 2.89. The Balaban J connectivity index is 1.95. The summed E-state index contributed by atoms with van der Waals surface area (Å²) in [5, 5.41) is 5.63. The van der Waals surface area contributed by atoms with Crippen molar-refractivity contribution in [3.05, 3.63) is 45.4 Å². The Bertz CT molecular complexity index is 469. The zero-order chi connectivity index (χ0) is 12.3. The Morgan fingerprint density at radius 1 is 1.29 bits per heavy atom. The van der Waals surface area contributed by atoms with Gasteiger partial charge in [0.1, 0.15) is 0 Å². The van der Waals surface area contributed by atoms with Crippen molar-refractivity contribution in [2.75, 3.05) is 0 Å². The fourth-order valence-corrected chi connectivity index (χ4v) is 2.95. The summed E-state index contributed by atoms with van der Waals surface area (Å²) in [5.41, 5.74) is 4.17. The molecule has 0 unspecified atom stereocenters. The summed E-state index contributed by atoms with van der Waals surface area (Å²) >= 11 is 1.81. The predicted molar refractivity (Wildman–Crippen MR) is 74.4 cm³/mol. The molecule has 0 radical (unpaired) electrons. The topological polar surface area (TPSA) is 17.0 Å². The number of nitrogens with one attached hydrogen (secondary N) is 1. The minimum atomic E-state index is 0.956. The number of hydrogen-bond donors (Lipinski definition) is 1. The van der Waals surface area contributed by atoms with E-state index in [1.54, 1.807) is 0 Å². The molecule has 2 aromatic rings. The highest BCUT2D eigenvalue weighted by Gasteiger charge is 2.06. The van der Waals surface area contributed by atoms with Crippen LogP contribution >= 0.6 is 11.3 Å². The van der Waals surface area contributed by atoms with Crippen LogP contribution in [0.5, 0.6) is 0 Å². The summed E-state index contributed by atoms with van der Waals surface area (Å²) in [5.74, 6) is 0. The Morgan fingerprint density at radius 2 is 2.12 bits per heavy atom. The van der Waals surface area contributed by atoms with Gasteiger partial charge >= 0.3 is 0 Å². The van der Waals surface area contributed by atoms with Gasteiger partial charge in [0, 0.05) is 35.9 Å². The van der Waals surface area contributed by atoms with Gasteiger partial charge in [0.2, 0.25) is 0 Å². The van der Waals surface area contributed by atoms with Crippen molar-refractivity contribution in [2.24, 2.45) is 0 Å². The first-order valence-electron chi connectivity index (χ1n) is 6.11. The van der Waals surface area contributed by atoms with Gasteiger partial charge in [0.15, 0.2) is 0 Å². The van der Waals surface area contributed by atoms with E-state index in [1.165, 1.54) is 21.8 Å². The minimum Gasteiger partial charge on any atom is -0.349 e. The van der Waals surface area contributed by atoms with Crippen LogP contribution < -0.4 is 5.32 Å². The van der Waals surface area contributed by atoms with Crippen LogP contribution in [-0.2, 0) is 19.6 Å². The highest BCUT2D eigenvalue weighted by molar-refractivity contribution is 7.09. The molecule has 0 fully saturated rings. The fourth-order valence-electron chi connectivity index (χ4n) is 2.27. The minimum absolute atomic E-state index is 0.956. The lowest BCUT2D eigenvalue weighted by Crippen LogP contribution is -2.12. The Morgan fingerprint density at radius 3 is 2.71 bits per heavy atom. The summed E-state index contributed by atoms with van der Waals surface area (Å²) in [6.07, 6.45) is 0. The molecule has 0 spiro atoms. The Labute approximate surface area is 107 Å². The lowest BCUT2D eigenvalue weighted by Gasteiger charge is -2.06. The van der Waals surface area contributed by atoms with E-state index in [0.29, 0.717) is 0 Å². The van der Waals surface area contributed by atoms with Crippen molar-refractivity contribution < 1.29 is 0 Å². The summed E-state index contributed by atoms with van der Waals surface area (Å²) in [6.45, 7) is 9.56. The third-order valence-corrected chi connectivity index (χ3v) is 4.07. The van der Waals surface area contributed by atoms with Crippen molar-refractivity contribution in [1.82, 2.24) is 9.88 Å². The Kier molecular flexibility index (Phi) is 4.02. The molecule has 0 aliphatic heterocycles. The molecule has 0 atom stereocenters. The molecule has 2 heterocycles. The lowest BCUT2D eigenvalue weighted by molar-refractivity contribution is 0.680. The van der Waals surface area contributed by atoms with Crippen LogP contribution in [0, 0.1) is 13.8 Å². The molecule has 2 rings (SSSR count). The second-order valence-electron chi connectivity index (χ2n) is 4.32. The third kappa shape index (κ3) is 2.79. The highest BCUT2D eigenvalue weighted by atomic mass is 32.1. The van der Waals surface area contributed by atoms with Gasteiger partial charge in [-0.1, -0.05) is 6.07 Å². The number of hydrogen-bond acceptors (Lipinski definition) is 2. The zero-order valence-corrected chi connectivity index (χ0v) is 11.6. The van der Waals surface area contributed by atoms with E-state index in [9.17, 15) is 0 Å². The van der Waals surface area contributed by atoms with Gasteiger partial charge < -0.3 is 9.88 Å². The maximum absolute atomic E-state index is 3.51. The quantitative estimate of drug-likeness (QED) is 0.857. The second kappa shape index (κ2) is 5.52. The van der Waals surface area contributed by atoms with E-state index in [4.69, 9.17) is 0 Å². The number of aromatic nitrogens is 1. The SMILES string of the molecule is CCn1c(C)cc(CNCc2cccs2)c1C. The average molecular weight is 248 g/mol. The molecule has 92 valence electrons. The van der Waals surface area contributed by atoms with Crippen LogP contribution in [0.15, 0.2) is 23.6 Å². The molecule has 0 aliphatic carbocycles. The lowest BCUT2D eigenvalue weighted by atomic mass is 10.2. The van der Waals surface area contributed by atoms with E-state index in [2.05, 4.69) is 54.2 Å². The fraction of sp³-hybridized carbons (Fsp3) is 0.429. The van der Waals surface area contributed by atoms with Gasteiger partial charge in [0.25, 0.3) is 0 Å². The van der Waals surface area contributed by atoms with Gasteiger partial charge in [-0.25, -0.2) is 0 Å². The molecule has 1 N–H and O–H groups in total. The van der Waals surface area contributed by atoms with Crippen LogP contribution in [0.1, 0.15) is 28.8 Å². The van der Waals surface area contributed by atoms with Gasteiger partial charge in [-0.15, -0.1) is 11.3 Å². The Hall–Kier alpha value is -1.06. The van der Waals surface area contributed by atoms with Crippen molar-refractivity contribution >= 4 is 11.3 Å². The molecule has 0 bridgehead atoms. The largest absolute Gasteiger partial charge is 0.349 e. The molecule has 2 nitrogen and oxygen atoms in total. The van der Waals surface area contributed by atoms with Crippen molar-refractivity contribution in [2.45, 2.75) is 40.4 Å². The first-order valence-corrected chi connectivity index (χ1v) is 6.99. The standard InChI is InChI=1S/C14H20N2S/c1-4-16-11(2)8-13(12(16)3)9-15-10-14-6-5-7-17-14/h5-8,15H,4,9-10H2,1-3H3. The highest BCUT2D eigenvalue weighted by Crippen LogP contribution is 2.15. The van der Waals surface area contributed by atoms with E-state index in [1.807, 2.05) is 11.3 Å². The van der Waals surface area contributed by atoms with Crippen LogP contribution in [0.4, 0.5) is 0 Å². The van der Waals surface area contributed by atoms with Crippen molar-refractivity contribution in [3.8, 4) is 0 Å².